The summed E-state index contributed by atoms with van der Waals surface area (Å²) in [7, 11) is 0. The summed E-state index contributed by atoms with van der Waals surface area (Å²) in [6.07, 6.45) is 0.604. The second-order valence-electron chi connectivity index (χ2n) is 2.41. The van der Waals surface area contributed by atoms with Gasteiger partial charge in [-0.15, -0.1) is 0 Å². The number of carbonyl (C=O) groups excluding carboxylic acids is 1. The van der Waals surface area contributed by atoms with Gasteiger partial charge in [0, 0.05) is 25.6 Å². The minimum absolute atomic E-state index is 0.219. The van der Waals surface area contributed by atoms with Crippen molar-refractivity contribution in [3.63, 3.8) is 0 Å². The van der Waals surface area contributed by atoms with E-state index in [1.807, 2.05) is 6.92 Å². The first kappa shape index (κ1) is 6.55. The standard InChI is InChI=1S/C6H12N2O/c1-2-6(9)8-3-5(7)4-8/h5H,2-4,7H2,1H3. The molecule has 0 atom stereocenters. The van der Waals surface area contributed by atoms with Gasteiger partial charge >= 0.3 is 0 Å². The van der Waals surface area contributed by atoms with E-state index in [4.69, 9.17) is 5.73 Å². The van der Waals surface area contributed by atoms with Crippen LogP contribution in [0.1, 0.15) is 13.3 Å². The molecule has 0 bridgehead atoms. The summed E-state index contributed by atoms with van der Waals surface area (Å²) in [6.45, 7) is 3.38. The van der Waals surface area contributed by atoms with Crippen molar-refractivity contribution in [1.82, 2.24) is 4.90 Å². The zero-order valence-corrected chi connectivity index (χ0v) is 5.63. The molecule has 0 unspecified atom stereocenters. The van der Waals surface area contributed by atoms with Crippen molar-refractivity contribution in [2.45, 2.75) is 19.4 Å². The molecule has 1 aliphatic heterocycles. The maximum atomic E-state index is 10.8. The first-order valence-corrected chi connectivity index (χ1v) is 3.27. The monoisotopic (exact) mass is 128 g/mol. The van der Waals surface area contributed by atoms with Crippen LogP contribution in [0.15, 0.2) is 0 Å². The van der Waals surface area contributed by atoms with E-state index in [0.29, 0.717) is 6.42 Å². The van der Waals surface area contributed by atoms with E-state index in [1.54, 1.807) is 4.90 Å². The van der Waals surface area contributed by atoms with Crippen molar-refractivity contribution in [3.05, 3.63) is 0 Å². The molecule has 2 N–H and O–H groups in total. The van der Waals surface area contributed by atoms with Gasteiger partial charge in [0.1, 0.15) is 0 Å². The van der Waals surface area contributed by atoms with E-state index in [0.717, 1.165) is 13.1 Å². The first-order chi connectivity index (χ1) is 4.24. The number of nitrogens with two attached hydrogens (primary N) is 1. The van der Waals surface area contributed by atoms with Crippen molar-refractivity contribution in [3.8, 4) is 0 Å². The van der Waals surface area contributed by atoms with Crippen molar-refractivity contribution in [1.29, 1.82) is 0 Å². The van der Waals surface area contributed by atoms with Crippen molar-refractivity contribution in [2.75, 3.05) is 13.1 Å². The number of nitrogens with zero attached hydrogens (tertiary/aromatic N) is 1. The number of amides is 1. The molecule has 9 heavy (non-hydrogen) atoms. The van der Waals surface area contributed by atoms with Crippen LogP contribution in [0.2, 0.25) is 0 Å². The Balaban J connectivity index is 2.23. The van der Waals surface area contributed by atoms with Gasteiger partial charge in [-0.3, -0.25) is 4.79 Å². The summed E-state index contributed by atoms with van der Waals surface area (Å²) in [4.78, 5) is 12.6. The highest BCUT2D eigenvalue weighted by Crippen LogP contribution is 2.05. The molecular weight excluding hydrogens is 116 g/mol. The third-order valence-electron chi connectivity index (χ3n) is 1.56. The maximum Gasteiger partial charge on any atom is 0.222 e. The van der Waals surface area contributed by atoms with Gasteiger partial charge in [-0.05, 0) is 0 Å². The molecular formula is C6H12N2O. The zero-order valence-electron chi connectivity index (χ0n) is 5.63. The summed E-state index contributed by atoms with van der Waals surface area (Å²) in [5.74, 6) is 0.219. The Morgan fingerprint density at radius 1 is 1.78 bits per heavy atom. The van der Waals surface area contributed by atoms with Crippen molar-refractivity contribution in [2.24, 2.45) is 5.73 Å². The molecule has 0 aliphatic carbocycles. The lowest BCUT2D eigenvalue weighted by molar-refractivity contribution is -0.135. The molecule has 52 valence electrons. The summed E-state index contributed by atoms with van der Waals surface area (Å²) in [5.41, 5.74) is 5.47. The number of likely N-dealkylation sites (tertiary alicyclic amines) is 1. The van der Waals surface area contributed by atoms with Crippen LogP contribution in [0.25, 0.3) is 0 Å². The summed E-state index contributed by atoms with van der Waals surface area (Å²) < 4.78 is 0. The molecule has 0 aromatic carbocycles. The molecule has 3 nitrogen and oxygen atoms in total. The Labute approximate surface area is 54.8 Å². The van der Waals surface area contributed by atoms with Gasteiger partial charge in [0.15, 0.2) is 0 Å². The van der Waals surface area contributed by atoms with Gasteiger partial charge in [-0.2, -0.15) is 0 Å². The smallest absolute Gasteiger partial charge is 0.222 e. The summed E-state index contributed by atoms with van der Waals surface area (Å²) in [5, 5.41) is 0. The molecule has 0 radical (unpaired) electrons. The Morgan fingerprint density at radius 2 is 2.33 bits per heavy atom. The lowest BCUT2D eigenvalue weighted by atomic mass is 10.1. The second kappa shape index (κ2) is 2.35. The average molecular weight is 128 g/mol. The van der Waals surface area contributed by atoms with Gasteiger partial charge in [0.05, 0.1) is 0 Å². The Morgan fingerprint density at radius 3 is 2.67 bits per heavy atom. The van der Waals surface area contributed by atoms with Crippen molar-refractivity contribution >= 4 is 5.91 Å². The number of hydrogen-bond donors (Lipinski definition) is 1. The van der Waals surface area contributed by atoms with Crippen LogP contribution in [0.4, 0.5) is 0 Å². The fraction of sp³-hybridized carbons (Fsp3) is 0.833. The molecule has 0 aromatic rings. The van der Waals surface area contributed by atoms with E-state index in [1.165, 1.54) is 0 Å². The van der Waals surface area contributed by atoms with Crippen LogP contribution < -0.4 is 5.73 Å². The van der Waals surface area contributed by atoms with Gasteiger partial charge < -0.3 is 10.6 Å². The summed E-state index contributed by atoms with van der Waals surface area (Å²) >= 11 is 0. The quantitative estimate of drug-likeness (QED) is 0.520. The largest absolute Gasteiger partial charge is 0.339 e. The molecule has 0 saturated carbocycles. The number of hydrogen-bond acceptors (Lipinski definition) is 2. The molecule has 1 amide bonds. The van der Waals surface area contributed by atoms with E-state index in [-0.39, 0.29) is 11.9 Å². The van der Waals surface area contributed by atoms with E-state index in [2.05, 4.69) is 0 Å². The van der Waals surface area contributed by atoms with Crippen LogP contribution in [0, 0.1) is 0 Å². The third kappa shape index (κ3) is 1.21. The first-order valence-electron chi connectivity index (χ1n) is 3.27. The third-order valence-corrected chi connectivity index (χ3v) is 1.56. The van der Waals surface area contributed by atoms with Gasteiger partial charge in [-0.25, -0.2) is 0 Å². The van der Waals surface area contributed by atoms with Gasteiger partial charge in [0.2, 0.25) is 5.91 Å². The fourth-order valence-corrected chi connectivity index (χ4v) is 0.940. The Hall–Kier alpha value is -0.570. The van der Waals surface area contributed by atoms with Crippen LogP contribution >= 0.6 is 0 Å². The molecule has 1 saturated heterocycles. The van der Waals surface area contributed by atoms with Crippen LogP contribution in [0.3, 0.4) is 0 Å². The topological polar surface area (TPSA) is 46.3 Å². The predicted molar refractivity (Wildman–Crippen MR) is 34.8 cm³/mol. The molecule has 1 fully saturated rings. The van der Waals surface area contributed by atoms with Crippen LogP contribution in [-0.2, 0) is 4.79 Å². The maximum absolute atomic E-state index is 10.8. The molecule has 0 spiro atoms. The lowest BCUT2D eigenvalue weighted by Gasteiger charge is -2.36. The normalized spacial score (nSPS) is 19.6. The minimum atomic E-state index is 0.219. The highest BCUT2D eigenvalue weighted by atomic mass is 16.2. The number of carbonyl (C=O) groups is 1. The predicted octanol–water partition coefficient (Wildman–Crippen LogP) is -0.434. The number of rotatable bonds is 1. The minimum Gasteiger partial charge on any atom is -0.339 e. The van der Waals surface area contributed by atoms with Crippen LogP contribution in [0.5, 0.6) is 0 Å². The van der Waals surface area contributed by atoms with E-state index < -0.39 is 0 Å². The molecule has 0 aromatic heterocycles. The van der Waals surface area contributed by atoms with Crippen LogP contribution in [-0.4, -0.2) is 29.9 Å². The Kier molecular flexibility index (Phi) is 1.71. The highest BCUT2D eigenvalue weighted by molar-refractivity contribution is 5.76. The molecule has 1 heterocycles. The molecule has 1 rings (SSSR count). The zero-order chi connectivity index (χ0) is 6.85. The molecule has 3 heteroatoms. The fourth-order valence-electron chi connectivity index (χ4n) is 0.940. The SMILES string of the molecule is CCC(=O)N1CC(N)C1. The van der Waals surface area contributed by atoms with Crippen molar-refractivity contribution < 1.29 is 4.79 Å². The van der Waals surface area contributed by atoms with E-state index in [9.17, 15) is 4.79 Å². The highest BCUT2D eigenvalue weighted by Gasteiger charge is 2.25. The second-order valence-corrected chi connectivity index (χ2v) is 2.41. The Bertz CT molecular complexity index is 118. The summed E-state index contributed by atoms with van der Waals surface area (Å²) in [6, 6.07) is 0.237. The molecule has 1 aliphatic rings. The van der Waals surface area contributed by atoms with Gasteiger partial charge in [-0.1, -0.05) is 6.92 Å². The average Bonchev–Trinajstić information content (AvgIpc) is 1.79. The van der Waals surface area contributed by atoms with E-state index >= 15 is 0 Å². The van der Waals surface area contributed by atoms with Gasteiger partial charge in [0.25, 0.3) is 0 Å². The lowest BCUT2D eigenvalue weighted by Crippen LogP contribution is -2.57.